The summed E-state index contributed by atoms with van der Waals surface area (Å²) in [6, 6.07) is 9.88. The van der Waals surface area contributed by atoms with Crippen molar-refractivity contribution < 1.29 is 18.7 Å². The summed E-state index contributed by atoms with van der Waals surface area (Å²) < 4.78 is 28.2. The van der Waals surface area contributed by atoms with Crippen molar-refractivity contribution in [2.24, 2.45) is 0 Å². The number of aryl methyl sites for hydroxylation is 1. The van der Waals surface area contributed by atoms with Crippen LogP contribution in [0.2, 0.25) is 0 Å². The van der Waals surface area contributed by atoms with Gasteiger partial charge in [-0.3, -0.25) is 9.59 Å². The minimum Gasteiger partial charge on any atom is -0.506 e. The molecule has 4 aromatic rings. The number of aromatic nitrogens is 3. The third-order valence-electron chi connectivity index (χ3n) is 4.37. The maximum atomic E-state index is 13.8. The molecule has 0 aliphatic rings. The molecule has 9 heteroatoms. The predicted octanol–water partition coefficient (Wildman–Crippen LogP) is 3.26. The third kappa shape index (κ3) is 3.22. The van der Waals surface area contributed by atoms with Crippen LogP contribution < -0.4 is 10.9 Å². The van der Waals surface area contributed by atoms with Gasteiger partial charge in [0, 0.05) is 6.07 Å². The second-order valence-electron chi connectivity index (χ2n) is 6.41. The first-order valence-electron chi connectivity index (χ1n) is 8.51. The van der Waals surface area contributed by atoms with E-state index in [1.165, 1.54) is 10.9 Å². The number of nitrogens with one attached hydrogen (secondary N) is 2. The Labute approximate surface area is 162 Å². The Hall–Kier alpha value is -4.01. The topological polar surface area (TPSA) is 100 Å². The lowest BCUT2D eigenvalue weighted by Gasteiger charge is -2.09. The van der Waals surface area contributed by atoms with Gasteiger partial charge < -0.3 is 15.4 Å². The Morgan fingerprint density at radius 3 is 2.72 bits per heavy atom. The van der Waals surface area contributed by atoms with E-state index in [4.69, 9.17) is 0 Å². The summed E-state index contributed by atoms with van der Waals surface area (Å²) in [4.78, 5) is 27.5. The molecule has 0 fully saturated rings. The Balaban J connectivity index is 1.78. The van der Waals surface area contributed by atoms with Gasteiger partial charge in [0.2, 0.25) is 0 Å². The number of halogens is 2. The van der Waals surface area contributed by atoms with E-state index in [0.717, 1.165) is 17.7 Å². The SMILES string of the molecule is Cc1cccc(-n2ncc3c(O)c(C(=O)Nc4ccc(F)cc4F)c(=O)[nH]c32)c1. The van der Waals surface area contributed by atoms with Crippen molar-refractivity contribution in [1.29, 1.82) is 0 Å². The fraction of sp³-hybridized carbons (Fsp3) is 0.0500. The van der Waals surface area contributed by atoms with Crippen molar-refractivity contribution in [2.75, 3.05) is 5.32 Å². The van der Waals surface area contributed by atoms with Gasteiger partial charge in [0.1, 0.15) is 28.6 Å². The summed E-state index contributed by atoms with van der Waals surface area (Å²) >= 11 is 0. The summed E-state index contributed by atoms with van der Waals surface area (Å²) in [6.45, 7) is 1.90. The molecule has 29 heavy (non-hydrogen) atoms. The zero-order valence-electron chi connectivity index (χ0n) is 15.0. The molecule has 0 atom stereocenters. The largest absolute Gasteiger partial charge is 0.506 e. The van der Waals surface area contributed by atoms with E-state index in [9.17, 15) is 23.5 Å². The van der Waals surface area contributed by atoms with Gasteiger partial charge in [-0.15, -0.1) is 0 Å². The summed E-state index contributed by atoms with van der Waals surface area (Å²) in [5.74, 6) is -3.46. The highest BCUT2D eigenvalue weighted by Gasteiger charge is 2.22. The van der Waals surface area contributed by atoms with Crippen molar-refractivity contribution >= 4 is 22.6 Å². The minimum absolute atomic E-state index is 0.135. The van der Waals surface area contributed by atoms with Crippen LogP contribution in [0.1, 0.15) is 15.9 Å². The highest BCUT2D eigenvalue weighted by Crippen LogP contribution is 2.27. The van der Waals surface area contributed by atoms with E-state index in [0.29, 0.717) is 11.8 Å². The summed E-state index contributed by atoms with van der Waals surface area (Å²) in [7, 11) is 0. The molecule has 2 aromatic heterocycles. The number of anilines is 1. The first kappa shape index (κ1) is 18.4. The molecule has 0 spiro atoms. The second-order valence-corrected chi connectivity index (χ2v) is 6.41. The van der Waals surface area contributed by atoms with Gasteiger partial charge in [-0.1, -0.05) is 12.1 Å². The first-order valence-corrected chi connectivity index (χ1v) is 8.51. The summed E-state index contributed by atoms with van der Waals surface area (Å²) in [5.41, 5.74) is -0.00141. The molecule has 0 bridgehead atoms. The number of fused-ring (bicyclic) bond motifs is 1. The molecule has 3 N–H and O–H groups in total. The minimum atomic E-state index is -1.04. The van der Waals surface area contributed by atoms with Crippen LogP contribution in [0.4, 0.5) is 14.5 Å². The monoisotopic (exact) mass is 396 g/mol. The quantitative estimate of drug-likeness (QED) is 0.495. The number of pyridine rings is 1. The van der Waals surface area contributed by atoms with E-state index in [-0.39, 0.29) is 16.7 Å². The van der Waals surface area contributed by atoms with Gasteiger partial charge in [-0.25, -0.2) is 13.5 Å². The lowest BCUT2D eigenvalue weighted by atomic mass is 10.1. The molecule has 1 amide bonds. The summed E-state index contributed by atoms with van der Waals surface area (Å²) in [6.07, 6.45) is 1.30. The predicted molar refractivity (Wildman–Crippen MR) is 102 cm³/mol. The average molecular weight is 396 g/mol. The Morgan fingerprint density at radius 2 is 2.00 bits per heavy atom. The fourth-order valence-corrected chi connectivity index (χ4v) is 3.00. The van der Waals surface area contributed by atoms with Gasteiger partial charge in [-0.05, 0) is 36.8 Å². The zero-order valence-corrected chi connectivity index (χ0v) is 15.0. The van der Waals surface area contributed by atoms with Crippen molar-refractivity contribution in [2.45, 2.75) is 6.92 Å². The van der Waals surface area contributed by atoms with Crippen LogP contribution >= 0.6 is 0 Å². The molecule has 0 saturated heterocycles. The lowest BCUT2D eigenvalue weighted by Crippen LogP contribution is -2.24. The number of hydrogen-bond donors (Lipinski definition) is 3. The molecule has 2 heterocycles. The Kier molecular flexibility index (Phi) is 4.34. The second kappa shape index (κ2) is 6.86. The Morgan fingerprint density at radius 1 is 1.21 bits per heavy atom. The van der Waals surface area contributed by atoms with E-state index >= 15 is 0 Å². The molecule has 0 radical (unpaired) electrons. The van der Waals surface area contributed by atoms with Crippen LogP contribution in [0, 0.1) is 18.6 Å². The highest BCUT2D eigenvalue weighted by atomic mass is 19.1. The van der Waals surface area contributed by atoms with E-state index in [2.05, 4.69) is 15.4 Å². The number of amides is 1. The molecule has 0 aliphatic carbocycles. The number of aromatic amines is 1. The normalized spacial score (nSPS) is 11.0. The van der Waals surface area contributed by atoms with E-state index in [1.54, 1.807) is 6.07 Å². The van der Waals surface area contributed by atoms with Gasteiger partial charge >= 0.3 is 0 Å². The molecular weight excluding hydrogens is 382 g/mol. The van der Waals surface area contributed by atoms with Crippen LogP contribution in [-0.4, -0.2) is 25.8 Å². The number of H-pyrrole nitrogens is 1. The fourth-order valence-electron chi connectivity index (χ4n) is 3.00. The van der Waals surface area contributed by atoms with Crippen LogP contribution in [0.15, 0.2) is 53.5 Å². The Bertz CT molecular complexity index is 1330. The highest BCUT2D eigenvalue weighted by molar-refractivity contribution is 6.08. The maximum absolute atomic E-state index is 13.8. The van der Waals surface area contributed by atoms with Crippen LogP contribution in [0.25, 0.3) is 16.7 Å². The van der Waals surface area contributed by atoms with Crippen LogP contribution in [0.3, 0.4) is 0 Å². The smallest absolute Gasteiger partial charge is 0.266 e. The van der Waals surface area contributed by atoms with Gasteiger partial charge in [0.25, 0.3) is 11.5 Å². The van der Waals surface area contributed by atoms with Crippen molar-refractivity contribution in [1.82, 2.24) is 14.8 Å². The zero-order chi connectivity index (χ0) is 20.7. The van der Waals surface area contributed by atoms with Crippen LogP contribution in [-0.2, 0) is 0 Å². The van der Waals surface area contributed by atoms with Gasteiger partial charge in [-0.2, -0.15) is 5.10 Å². The molecule has 7 nitrogen and oxygen atoms in total. The number of aromatic hydroxyl groups is 1. The average Bonchev–Trinajstić information content (AvgIpc) is 3.08. The van der Waals surface area contributed by atoms with Crippen molar-refractivity contribution in [3.8, 4) is 11.4 Å². The van der Waals surface area contributed by atoms with Gasteiger partial charge in [0.05, 0.1) is 23.0 Å². The third-order valence-corrected chi connectivity index (χ3v) is 4.37. The lowest BCUT2D eigenvalue weighted by molar-refractivity contribution is 0.102. The summed E-state index contributed by atoms with van der Waals surface area (Å²) in [5, 5.41) is 17.0. The number of carbonyl (C=O) groups excluding carboxylic acids is 1. The molecular formula is C20H14F2N4O3. The molecule has 2 aromatic carbocycles. The van der Waals surface area contributed by atoms with E-state index < -0.39 is 34.4 Å². The standard InChI is InChI=1S/C20H14F2N4O3/c1-10-3-2-4-12(7-10)26-18-13(9-23-26)17(27)16(20(29)25-18)19(28)24-15-6-5-11(21)8-14(15)22/h2-9H,1H3,(H,24,28)(H2,25,27,29). The number of nitrogens with zero attached hydrogens (tertiary/aromatic N) is 2. The van der Waals surface area contributed by atoms with Crippen molar-refractivity contribution in [3.05, 3.63) is 81.8 Å². The van der Waals surface area contributed by atoms with Crippen molar-refractivity contribution in [3.63, 3.8) is 0 Å². The van der Waals surface area contributed by atoms with Gasteiger partial charge in [0.15, 0.2) is 0 Å². The maximum Gasteiger partial charge on any atom is 0.266 e. The van der Waals surface area contributed by atoms with E-state index in [1.807, 2.05) is 25.1 Å². The molecule has 0 saturated carbocycles. The molecule has 0 aliphatic heterocycles. The first-order chi connectivity index (χ1) is 13.8. The number of benzene rings is 2. The number of hydrogen-bond acceptors (Lipinski definition) is 4. The van der Waals surface area contributed by atoms with Crippen LogP contribution in [0.5, 0.6) is 5.75 Å². The number of carbonyl (C=O) groups is 1. The molecule has 4 rings (SSSR count). The molecule has 0 unspecified atom stereocenters. The number of rotatable bonds is 3. The molecule has 146 valence electrons.